The van der Waals surface area contributed by atoms with Gasteiger partial charge in [-0.2, -0.15) is 5.10 Å². The van der Waals surface area contributed by atoms with Gasteiger partial charge in [-0.3, -0.25) is 14.4 Å². The molecule has 3 aromatic rings. The molecule has 2 amide bonds. The third-order valence-corrected chi connectivity index (χ3v) is 5.70. The van der Waals surface area contributed by atoms with Crippen LogP contribution in [0.1, 0.15) is 45.3 Å². The molecule has 0 bridgehead atoms. The van der Waals surface area contributed by atoms with Crippen LogP contribution in [-0.4, -0.2) is 41.7 Å². The summed E-state index contributed by atoms with van der Waals surface area (Å²) in [5.74, 6) is -1.07. The van der Waals surface area contributed by atoms with Crippen LogP contribution in [0.5, 0.6) is 0 Å². The van der Waals surface area contributed by atoms with Gasteiger partial charge in [-0.15, -0.1) is 0 Å². The van der Waals surface area contributed by atoms with E-state index in [0.29, 0.717) is 28.5 Å². The number of hydrogen-bond donors (Lipinski definition) is 1. The molecule has 180 valence electrons. The van der Waals surface area contributed by atoms with Gasteiger partial charge in [-0.1, -0.05) is 40.9 Å². The summed E-state index contributed by atoms with van der Waals surface area (Å²) in [6, 6.07) is 15.6. The summed E-state index contributed by atoms with van der Waals surface area (Å²) in [7, 11) is 0. The molecule has 0 radical (unpaired) electrons. The first-order chi connectivity index (χ1) is 16.8. The van der Waals surface area contributed by atoms with Gasteiger partial charge in [0, 0.05) is 17.0 Å². The van der Waals surface area contributed by atoms with Gasteiger partial charge >= 0.3 is 5.97 Å². The molecule has 1 N–H and O–H groups in total. The van der Waals surface area contributed by atoms with E-state index < -0.39 is 30.4 Å². The molecular formula is C26H24ClN3O5. The van der Waals surface area contributed by atoms with Crippen molar-refractivity contribution < 1.29 is 23.5 Å². The number of hydrazone groups is 1. The monoisotopic (exact) mass is 493 g/mol. The zero-order valence-electron chi connectivity index (χ0n) is 19.3. The van der Waals surface area contributed by atoms with Crippen molar-refractivity contribution in [3.63, 3.8) is 0 Å². The van der Waals surface area contributed by atoms with Crippen molar-refractivity contribution in [1.82, 2.24) is 10.3 Å². The molecule has 2 heterocycles. The van der Waals surface area contributed by atoms with E-state index >= 15 is 0 Å². The number of esters is 1. The van der Waals surface area contributed by atoms with Crippen LogP contribution in [0.4, 0.5) is 0 Å². The number of nitrogens with one attached hydrogen (secondary N) is 1. The molecule has 1 atom stereocenters. The van der Waals surface area contributed by atoms with E-state index in [1.54, 1.807) is 36.4 Å². The molecule has 8 nitrogen and oxygen atoms in total. The summed E-state index contributed by atoms with van der Waals surface area (Å²) in [5.41, 5.74) is 3.85. The minimum absolute atomic E-state index is 0.361. The van der Waals surface area contributed by atoms with Crippen LogP contribution >= 0.6 is 11.6 Å². The molecule has 1 aliphatic rings. The Hall–Kier alpha value is -3.91. The van der Waals surface area contributed by atoms with Gasteiger partial charge in [-0.25, -0.2) is 5.01 Å². The number of halogens is 1. The van der Waals surface area contributed by atoms with E-state index in [9.17, 15) is 14.4 Å². The van der Waals surface area contributed by atoms with E-state index in [0.717, 1.165) is 16.7 Å². The highest BCUT2D eigenvalue weighted by molar-refractivity contribution is 6.30. The van der Waals surface area contributed by atoms with E-state index in [1.807, 2.05) is 32.0 Å². The molecule has 9 heteroatoms. The molecule has 35 heavy (non-hydrogen) atoms. The van der Waals surface area contributed by atoms with E-state index in [4.69, 9.17) is 20.8 Å². The number of furan rings is 1. The summed E-state index contributed by atoms with van der Waals surface area (Å²) >= 11 is 5.98. The molecule has 0 fully saturated rings. The number of nitrogens with zero attached hydrogens (tertiary/aromatic N) is 2. The van der Waals surface area contributed by atoms with Crippen molar-refractivity contribution in [1.29, 1.82) is 0 Å². The second kappa shape index (κ2) is 10.6. The molecule has 0 saturated heterocycles. The topological polar surface area (TPSA) is 101 Å². The molecular weight excluding hydrogens is 470 g/mol. The summed E-state index contributed by atoms with van der Waals surface area (Å²) in [5, 5.41) is 8.85. The highest BCUT2D eigenvalue weighted by Crippen LogP contribution is 2.33. The van der Waals surface area contributed by atoms with Gasteiger partial charge in [-0.05, 0) is 55.8 Å². The number of benzene rings is 2. The maximum Gasteiger partial charge on any atom is 0.325 e. The van der Waals surface area contributed by atoms with Crippen LogP contribution in [0.25, 0.3) is 0 Å². The summed E-state index contributed by atoms with van der Waals surface area (Å²) < 4.78 is 10.6. The molecule has 0 saturated carbocycles. The minimum Gasteiger partial charge on any atom is -0.467 e. The zero-order chi connectivity index (χ0) is 24.9. The number of carbonyl (C=O) groups is 3. The predicted molar refractivity (Wildman–Crippen MR) is 130 cm³/mol. The lowest BCUT2D eigenvalue weighted by Crippen LogP contribution is -2.34. The van der Waals surface area contributed by atoms with Gasteiger partial charge < -0.3 is 14.5 Å². The van der Waals surface area contributed by atoms with Gasteiger partial charge in [0.05, 0.1) is 12.0 Å². The van der Waals surface area contributed by atoms with Gasteiger partial charge in [0.15, 0.2) is 6.61 Å². The maximum absolute atomic E-state index is 12.9. The van der Waals surface area contributed by atoms with Gasteiger partial charge in [0.25, 0.3) is 11.8 Å². The second-order valence-electron chi connectivity index (χ2n) is 8.25. The molecule has 4 rings (SSSR count). The second-order valence-corrected chi connectivity index (χ2v) is 8.68. The van der Waals surface area contributed by atoms with Crippen molar-refractivity contribution in [2.45, 2.75) is 26.3 Å². The Labute approximate surface area is 207 Å². The van der Waals surface area contributed by atoms with Crippen molar-refractivity contribution in [2.24, 2.45) is 5.10 Å². The van der Waals surface area contributed by atoms with Crippen molar-refractivity contribution >= 4 is 35.1 Å². The van der Waals surface area contributed by atoms with Crippen molar-refractivity contribution in [3.8, 4) is 0 Å². The first-order valence-electron chi connectivity index (χ1n) is 11.0. The van der Waals surface area contributed by atoms with Crippen LogP contribution < -0.4 is 5.32 Å². The number of ether oxygens (including phenoxy) is 1. The number of carbonyl (C=O) groups excluding carboxylic acids is 3. The van der Waals surface area contributed by atoms with Gasteiger partial charge in [0.1, 0.15) is 18.3 Å². The lowest BCUT2D eigenvalue weighted by molar-refractivity contribution is -0.152. The SMILES string of the molecule is Cc1cc(C)cc(C(=O)NCC(=O)OCC(=O)N2N=C(c3ccc(Cl)cc3)CC2c2ccco2)c1. The predicted octanol–water partition coefficient (Wildman–Crippen LogP) is 4.20. The fourth-order valence-electron chi connectivity index (χ4n) is 3.88. The average Bonchev–Trinajstić information content (AvgIpc) is 3.51. The Balaban J connectivity index is 1.37. The largest absolute Gasteiger partial charge is 0.467 e. The fraction of sp³-hybridized carbons (Fsp3) is 0.231. The van der Waals surface area contributed by atoms with Crippen LogP contribution in [0, 0.1) is 13.8 Å². The molecule has 1 aromatic heterocycles. The minimum atomic E-state index is -0.730. The highest BCUT2D eigenvalue weighted by atomic mass is 35.5. The molecule has 2 aromatic carbocycles. The standard InChI is InChI=1S/C26H24ClN3O5/c1-16-10-17(2)12-19(11-16)26(33)28-14-25(32)35-15-24(31)30-22(23-4-3-9-34-23)13-21(29-30)18-5-7-20(27)8-6-18/h3-12,22H,13-15H2,1-2H3,(H,28,33). The Bertz CT molecular complexity index is 1250. The smallest absolute Gasteiger partial charge is 0.325 e. The van der Waals surface area contributed by atoms with Crippen molar-refractivity contribution in [3.05, 3.63) is 93.9 Å². The summed E-state index contributed by atoms with van der Waals surface area (Å²) in [4.78, 5) is 37.4. The summed E-state index contributed by atoms with van der Waals surface area (Å²) in [6.07, 6.45) is 1.96. The fourth-order valence-corrected chi connectivity index (χ4v) is 4.01. The maximum atomic E-state index is 12.9. The van der Waals surface area contributed by atoms with E-state index in [1.165, 1.54) is 11.3 Å². The number of hydrogen-bond acceptors (Lipinski definition) is 6. The quantitative estimate of drug-likeness (QED) is 0.497. The van der Waals surface area contributed by atoms with E-state index in [2.05, 4.69) is 10.4 Å². The third kappa shape index (κ3) is 5.96. The van der Waals surface area contributed by atoms with Crippen LogP contribution in [-0.2, 0) is 14.3 Å². The Morgan fingerprint density at radius 1 is 1.11 bits per heavy atom. The lowest BCUT2D eigenvalue weighted by Gasteiger charge is -2.19. The molecule has 0 aliphatic carbocycles. The lowest BCUT2D eigenvalue weighted by atomic mass is 10.0. The molecule has 0 spiro atoms. The Kier molecular flexibility index (Phi) is 7.31. The number of rotatable bonds is 7. The summed E-state index contributed by atoms with van der Waals surface area (Å²) in [6.45, 7) is 2.89. The number of amides is 2. The number of aryl methyl sites for hydroxylation is 2. The van der Waals surface area contributed by atoms with Gasteiger partial charge in [0.2, 0.25) is 0 Å². The molecule has 1 unspecified atom stereocenters. The normalized spacial score (nSPS) is 15.0. The third-order valence-electron chi connectivity index (χ3n) is 5.45. The van der Waals surface area contributed by atoms with Crippen LogP contribution in [0.2, 0.25) is 5.02 Å². The Morgan fingerprint density at radius 3 is 2.49 bits per heavy atom. The first kappa shape index (κ1) is 24.2. The average molecular weight is 494 g/mol. The zero-order valence-corrected chi connectivity index (χ0v) is 20.0. The Morgan fingerprint density at radius 2 is 1.83 bits per heavy atom. The van der Waals surface area contributed by atoms with Crippen LogP contribution in [0.15, 0.2) is 70.4 Å². The van der Waals surface area contributed by atoms with Crippen molar-refractivity contribution in [2.75, 3.05) is 13.2 Å². The van der Waals surface area contributed by atoms with E-state index in [-0.39, 0.29) is 6.54 Å². The molecule has 1 aliphatic heterocycles. The highest BCUT2D eigenvalue weighted by Gasteiger charge is 2.35. The first-order valence-corrected chi connectivity index (χ1v) is 11.4. The van der Waals surface area contributed by atoms with Crippen LogP contribution in [0.3, 0.4) is 0 Å².